The van der Waals surface area contributed by atoms with E-state index < -0.39 is 12.1 Å². The normalized spacial score (nSPS) is 13.3. The standard InChI is InChI=1S/C10H17NO3/c1-8(9(12)13)14-6-4-5-10(2,3)7-11/h8H,4-6H2,1-3H3,(H,12,13). The van der Waals surface area contributed by atoms with Crippen molar-refractivity contribution in [3.63, 3.8) is 0 Å². The number of hydrogen-bond acceptors (Lipinski definition) is 3. The van der Waals surface area contributed by atoms with Crippen LogP contribution in [-0.2, 0) is 9.53 Å². The van der Waals surface area contributed by atoms with E-state index in [9.17, 15) is 4.79 Å². The lowest BCUT2D eigenvalue weighted by molar-refractivity contribution is -0.149. The Morgan fingerprint density at radius 3 is 2.64 bits per heavy atom. The molecule has 0 aromatic heterocycles. The quantitative estimate of drug-likeness (QED) is 0.662. The highest BCUT2D eigenvalue weighted by Crippen LogP contribution is 2.20. The third-order valence-electron chi connectivity index (χ3n) is 1.96. The number of ether oxygens (including phenoxy) is 1. The van der Waals surface area contributed by atoms with E-state index in [1.807, 2.05) is 13.8 Å². The van der Waals surface area contributed by atoms with Gasteiger partial charge in [0.2, 0.25) is 0 Å². The van der Waals surface area contributed by atoms with E-state index in [0.717, 1.165) is 6.42 Å². The Morgan fingerprint density at radius 2 is 2.21 bits per heavy atom. The largest absolute Gasteiger partial charge is 0.479 e. The zero-order chi connectivity index (χ0) is 11.2. The van der Waals surface area contributed by atoms with Crippen molar-refractivity contribution in [2.45, 2.75) is 39.7 Å². The van der Waals surface area contributed by atoms with Gasteiger partial charge in [0.05, 0.1) is 11.5 Å². The Hall–Kier alpha value is -1.08. The highest BCUT2D eigenvalue weighted by molar-refractivity contribution is 5.71. The van der Waals surface area contributed by atoms with E-state index in [1.165, 1.54) is 6.92 Å². The van der Waals surface area contributed by atoms with E-state index in [2.05, 4.69) is 6.07 Å². The summed E-state index contributed by atoms with van der Waals surface area (Å²) in [4.78, 5) is 10.4. The molecule has 1 N–H and O–H groups in total. The van der Waals surface area contributed by atoms with E-state index in [0.29, 0.717) is 13.0 Å². The molecular formula is C10H17NO3. The smallest absolute Gasteiger partial charge is 0.332 e. The molecular weight excluding hydrogens is 182 g/mol. The molecule has 0 aromatic rings. The zero-order valence-electron chi connectivity index (χ0n) is 8.91. The monoisotopic (exact) mass is 199 g/mol. The van der Waals surface area contributed by atoms with Crippen LogP contribution in [0.5, 0.6) is 0 Å². The van der Waals surface area contributed by atoms with Crippen LogP contribution in [0.3, 0.4) is 0 Å². The lowest BCUT2D eigenvalue weighted by Crippen LogP contribution is -2.21. The van der Waals surface area contributed by atoms with E-state index in [-0.39, 0.29) is 5.41 Å². The number of nitrogens with zero attached hydrogens (tertiary/aromatic N) is 1. The Kier molecular flexibility index (Phi) is 5.18. The fourth-order valence-electron chi connectivity index (χ4n) is 0.901. The summed E-state index contributed by atoms with van der Waals surface area (Å²) in [6.45, 7) is 5.59. The minimum absolute atomic E-state index is 0.351. The molecule has 0 aliphatic rings. The van der Waals surface area contributed by atoms with Crippen LogP contribution in [0.2, 0.25) is 0 Å². The lowest BCUT2D eigenvalue weighted by Gasteiger charge is -2.15. The van der Waals surface area contributed by atoms with Crippen LogP contribution in [0, 0.1) is 16.7 Å². The van der Waals surface area contributed by atoms with Crippen LogP contribution < -0.4 is 0 Å². The molecule has 0 radical (unpaired) electrons. The second-order valence-electron chi connectivity index (χ2n) is 3.95. The summed E-state index contributed by atoms with van der Waals surface area (Å²) in [6, 6.07) is 2.18. The average molecular weight is 199 g/mol. The number of carboxylic acid groups (broad SMARTS) is 1. The Labute approximate surface area is 84.5 Å². The fourth-order valence-corrected chi connectivity index (χ4v) is 0.901. The summed E-state index contributed by atoms with van der Waals surface area (Å²) in [5.74, 6) is -0.954. The highest BCUT2D eigenvalue weighted by Gasteiger charge is 2.16. The van der Waals surface area contributed by atoms with Crippen molar-refractivity contribution in [3.05, 3.63) is 0 Å². The third-order valence-corrected chi connectivity index (χ3v) is 1.96. The molecule has 0 bridgehead atoms. The van der Waals surface area contributed by atoms with Gasteiger partial charge < -0.3 is 9.84 Å². The summed E-state index contributed by atoms with van der Waals surface area (Å²) in [5, 5.41) is 17.2. The van der Waals surface area contributed by atoms with E-state index >= 15 is 0 Å². The maximum absolute atomic E-state index is 10.4. The number of carbonyl (C=O) groups is 1. The van der Waals surface area contributed by atoms with Crippen LogP contribution in [0.1, 0.15) is 33.6 Å². The first-order valence-electron chi connectivity index (χ1n) is 4.65. The second kappa shape index (κ2) is 5.61. The number of rotatable bonds is 6. The Morgan fingerprint density at radius 1 is 1.64 bits per heavy atom. The molecule has 0 aromatic carbocycles. The third kappa shape index (κ3) is 5.55. The molecule has 0 fully saturated rings. The minimum Gasteiger partial charge on any atom is -0.479 e. The molecule has 0 aliphatic heterocycles. The maximum Gasteiger partial charge on any atom is 0.332 e. The molecule has 80 valence electrons. The number of hydrogen-bond donors (Lipinski definition) is 1. The van der Waals surface area contributed by atoms with Gasteiger partial charge in [-0.1, -0.05) is 0 Å². The minimum atomic E-state index is -0.954. The first-order chi connectivity index (χ1) is 6.39. The number of aliphatic carboxylic acids is 1. The van der Waals surface area contributed by atoms with Crippen LogP contribution in [0.15, 0.2) is 0 Å². The zero-order valence-corrected chi connectivity index (χ0v) is 8.91. The molecule has 0 heterocycles. The van der Waals surface area contributed by atoms with Crippen molar-refractivity contribution < 1.29 is 14.6 Å². The first kappa shape index (κ1) is 12.9. The predicted octanol–water partition coefficient (Wildman–Crippen LogP) is 1.81. The molecule has 0 aliphatic carbocycles. The van der Waals surface area contributed by atoms with Gasteiger partial charge in [-0.05, 0) is 33.6 Å². The predicted molar refractivity (Wildman–Crippen MR) is 51.7 cm³/mol. The Balaban J connectivity index is 3.58. The summed E-state index contributed by atoms with van der Waals surface area (Å²) in [6.07, 6.45) is 0.661. The highest BCUT2D eigenvalue weighted by atomic mass is 16.5. The summed E-state index contributed by atoms with van der Waals surface area (Å²) in [7, 11) is 0. The maximum atomic E-state index is 10.4. The van der Waals surface area contributed by atoms with Gasteiger partial charge >= 0.3 is 5.97 Å². The second-order valence-corrected chi connectivity index (χ2v) is 3.95. The Bertz CT molecular complexity index is 230. The van der Waals surface area contributed by atoms with Gasteiger partial charge in [0.25, 0.3) is 0 Å². The summed E-state index contributed by atoms with van der Waals surface area (Å²) in [5.41, 5.74) is -0.351. The summed E-state index contributed by atoms with van der Waals surface area (Å²) >= 11 is 0. The molecule has 0 amide bonds. The first-order valence-corrected chi connectivity index (χ1v) is 4.65. The number of nitriles is 1. The molecule has 0 saturated carbocycles. The molecule has 0 rings (SSSR count). The van der Waals surface area contributed by atoms with Crippen molar-refractivity contribution in [2.75, 3.05) is 6.61 Å². The molecule has 4 heteroatoms. The summed E-state index contributed by atoms with van der Waals surface area (Å²) < 4.78 is 5.03. The van der Waals surface area contributed by atoms with Gasteiger partial charge in [-0.25, -0.2) is 4.79 Å². The van der Waals surface area contributed by atoms with Crippen molar-refractivity contribution in [3.8, 4) is 6.07 Å². The lowest BCUT2D eigenvalue weighted by atomic mass is 9.90. The number of carboxylic acids is 1. The van der Waals surface area contributed by atoms with Crippen molar-refractivity contribution >= 4 is 5.97 Å². The molecule has 1 unspecified atom stereocenters. The molecule has 14 heavy (non-hydrogen) atoms. The van der Waals surface area contributed by atoms with Crippen LogP contribution in [0.25, 0.3) is 0 Å². The van der Waals surface area contributed by atoms with Crippen molar-refractivity contribution in [1.82, 2.24) is 0 Å². The van der Waals surface area contributed by atoms with Gasteiger partial charge in [-0.2, -0.15) is 5.26 Å². The van der Waals surface area contributed by atoms with Gasteiger partial charge in [-0.15, -0.1) is 0 Å². The van der Waals surface area contributed by atoms with E-state index in [4.69, 9.17) is 15.1 Å². The fraction of sp³-hybridized carbons (Fsp3) is 0.800. The van der Waals surface area contributed by atoms with Crippen LogP contribution >= 0.6 is 0 Å². The van der Waals surface area contributed by atoms with Crippen LogP contribution in [-0.4, -0.2) is 23.8 Å². The molecule has 4 nitrogen and oxygen atoms in total. The van der Waals surface area contributed by atoms with Crippen molar-refractivity contribution in [1.29, 1.82) is 5.26 Å². The van der Waals surface area contributed by atoms with Gasteiger partial charge in [0.1, 0.15) is 0 Å². The van der Waals surface area contributed by atoms with Gasteiger partial charge in [-0.3, -0.25) is 0 Å². The SMILES string of the molecule is CC(OCCCC(C)(C)C#N)C(=O)O. The van der Waals surface area contributed by atoms with Crippen LogP contribution in [0.4, 0.5) is 0 Å². The van der Waals surface area contributed by atoms with Gasteiger partial charge in [0.15, 0.2) is 6.10 Å². The van der Waals surface area contributed by atoms with Crippen molar-refractivity contribution in [2.24, 2.45) is 5.41 Å². The topological polar surface area (TPSA) is 70.3 Å². The van der Waals surface area contributed by atoms with Gasteiger partial charge in [0, 0.05) is 6.61 Å². The van der Waals surface area contributed by atoms with E-state index in [1.54, 1.807) is 0 Å². The molecule has 1 atom stereocenters. The molecule has 0 saturated heterocycles. The average Bonchev–Trinajstić information content (AvgIpc) is 2.12. The molecule has 0 spiro atoms.